The molecule has 0 atom stereocenters. The van der Waals surface area contributed by atoms with Gasteiger partial charge >= 0.3 is 5.97 Å². The first-order chi connectivity index (χ1) is 8.91. The molecule has 5 nitrogen and oxygen atoms in total. The van der Waals surface area contributed by atoms with Gasteiger partial charge in [0, 0.05) is 5.56 Å². The summed E-state index contributed by atoms with van der Waals surface area (Å²) in [5, 5.41) is 13.0. The molecule has 6 heteroatoms. The Morgan fingerprint density at radius 3 is 2.37 bits per heavy atom. The fourth-order valence-electron chi connectivity index (χ4n) is 1.85. The lowest BCUT2D eigenvalue weighted by Crippen LogP contribution is -2.27. The van der Waals surface area contributed by atoms with E-state index in [1.54, 1.807) is 0 Å². The summed E-state index contributed by atoms with van der Waals surface area (Å²) in [7, 11) is 0. The summed E-state index contributed by atoms with van der Waals surface area (Å²) in [5.74, 6) is -1.61. The molecule has 2 rings (SSSR count). The molecule has 0 saturated heterocycles. The number of carbonyl (C=O) groups is 1. The Balaban J connectivity index is 2.70. The highest BCUT2D eigenvalue weighted by Gasteiger charge is 2.17. The van der Waals surface area contributed by atoms with Crippen LogP contribution in [-0.4, -0.2) is 20.9 Å². The van der Waals surface area contributed by atoms with Crippen LogP contribution in [0.4, 0.5) is 4.39 Å². The third-order valence-corrected chi connectivity index (χ3v) is 2.79. The zero-order valence-electron chi connectivity index (χ0n) is 10.3. The van der Waals surface area contributed by atoms with Crippen molar-refractivity contribution in [3.63, 3.8) is 0 Å². The molecule has 0 radical (unpaired) electrons. The number of nitrogens with zero attached hydrogens (tertiary/aromatic N) is 2. The fourth-order valence-corrected chi connectivity index (χ4v) is 1.85. The van der Waals surface area contributed by atoms with Crippen molar-refractivity contribution in [2.75, 3.05) is 0 Å². The SMILES string of the molecule is Cc1nn(-c2ccc(F)cc2)c(=O)c(C)c1C(=O)O. The number of hydrogen-bond acceptors (Lipinski definition) is 3. The monoisotopic (exact) mass is 262 g/mol. The quantitative estimate of drug-likeness (QED) is 0.893. The minimum Gasteiger partial charge on any atom is -0.478 e. The number of aryl methyl sites for hydroxylation is 1. The maximum Gasteiger partial charge on any atom is 0.338 e. The summed E-state index contributed by atoms with van der Waals surface area (Å²) in [6.07, 6.45) is 0. The van der Waals surface area contributed by atoms with Crippen molar-refractivity contribution in [3.05, 3.63) is 57.3 Å². The van der Waals surface area contributed by atoms with Crippen molar-refractivity contribution < 1.29 is 14.3 Å². The molecule has 0 aliphatic heterocycles. The van der Waals surface area contributed by atoms with Crippen molar-refractivity contribution in [3.8, 4) is 5.69 Å². The van der Waals surface area contributed by atoms with Crippen LogP contribution < -0.4 is 5.56 Å². The van der Waals surface area contributed by atoms with E-state index in [-0.39, 0.29) is 16.8 Å². The van der Waals surface area contributed by atoms with E-state index in [0.717, 1.165) is 4.68 Å². The topological polar surface area (TPSA) is 72.2 Å². The van der Waals surface area contributed by atoms with Gasteiger partial charge in [0.25, 0.3) is 5.56 Å². The van der Waals surface area contributed by atoms with Crippen molar-refractivity contribution in [1.82, 2.24) is 9.78 Å². The molecule has 1 N–H and O–H groups in total. The lowest BCUT2D eigenvalue weighted by atomic mass is 10.1. The molecule has 0 unspecified atom stereocenters. The number of carboxylic acid groups (broad SMARTS) is 1. The fraction of sp³-hybridized carbons (Fsp3) is 0.154. The molecule has 0 spiro atoms. The standard InChI is InChI=1S/C13H11FN2O3/c1-7-11(13(18)19)8(2)15-16(12(7)17)10-5-3-9(14)4-6-10/h3-6H,1-2H3,(H,18,19). The van der Waals surface area contributed by atoms with E-state index in [0.29, 0.717) is 5.69 Å². The minimum atomic E-state index is -1.19. The molecule has 0 bridgehead atoms. The van der Waals surface area contributed by atoms with Gasteiger partial charge in [0.1, 0.15) is 5.82 Å². The number of halogens is 1. The molecule has 1 aromatic carbocycles. The van der Waals surface area contributed by atoms with Crippen LogP contribution in [0.15, 0.2) is 29.1 Å². The predicted molar refractivity (Wildman–Crippen MR) is 66.2 cm³/mol. The Kier molecular flexibility index (Phi) is 3.16. The molecular formula is C13H11FN2O3. The van der Waals surface area contributed by atoms with Crippen LogP contribution in [0.3, 0.4) is 0 Å². The normalized spacial score (nSPS) is 10.5. The van der Waals surface area contributed by atoms with Gasteiger partial charge in [-0.3, -0.25) is 4.79 Å². The van der Waals surface area contributed by atoms with E-state index >= 15 is 0 Å². The molecule has 0 saturated carbocycles. The van der Waals surface area contributed by atoms with Gasteiger partial charge in [-0.05, 0) is 38.1 Å². The Morgan fingerprint density at radius 1 is 1.26 bits per heavy atom. The predicted octanol–water partition coefficient (Wildman–Crippen LogP) is 1.69. The first kappa shape index (κ1) is 12.9. The maximum atomic E-state index is 12.8. The molecule has 0 fully saturated rings. The van der Waals surface area contributed by atoms with Crippen molar-refractivity contribution in [1.29, 1.82) is 0 Å². The zero-order valence-corrected chi connectivity index (χ0v) is 10.3. The van der Waals surface area contributed by atoms with Crippen LogP contribution >= 0.6 is 0 Å². The van der Waals surface area contributed by atoms with Crippen molar-refractivity contribution in [2.45, 2.75) is 13.8 Å². The van der Waals surface area contributed by atoms with Crippen molar-refractivity contribution >= 4 is 5.97 Å². The first-order valence-electron chi connectivity index (χ1n) is 5.51. The largest absolute Gasteiger partial charge is 0.478 e. The Morgan fingerprint density at radius 2 is 1.84 bits per heavy atom. The molecular weight excluding hydrogens is 251 g/mol. The summed E-state index contributed by atoms with van der Waals surface area (Å²) in [6, 6.07) is 5.23. The van der Waals surface area contributed by atoms with Crippen LogP contribution in [-0.2, 0) is 0 Å². The van der Waals surface area contributed by atoms with Crippen LogP contribution in [0, 0.1) is 19.7 Å². The maximum absolute atomic E-state index is 12.8. The van der Waals surface area contributed by atoms with Gasteiger partial charge < -0.3 is 5.11 Å². The number of carboxylic acids is 1. The summed E-state index contributed by atoms with van der Waals surface area (Å²) < 4.78 is 13.9. The van der Waals surface area contributed by atoms with Crippen molar-refractivity contribution in [2.24, 2.45) is 0 Å². The van der Waals surface area contributed by atoms with E-state index in [1.807, 2.05) is 0 Å². The molecule has 0 amide bonds. The Hall–Kier alpha value is -2.50. The third kappa shape index (κ3) is 2.24. The Labute approximate surface area is 107 Å². The second kappa shape index (κ2) is 4.64. The van der Waals surface area contributed by atoms with E-state index in [1.165, 1.54) is 38.1 Å². The summed E-state index contributed by atoms with van der Waals surface area (Å²) in [6.45, 7) is 2.94. The average molecular weight is 262 g/mol. The molecule has 98 valence electrons. The summed E-state index contributed by atoms with van der Waals surface area (Å²) in [5.41, 5.74) is 0.0887. The van der Waals surface area contributed by atoms with E-state index in [9.17, 15) is 14.0 Å². The van der Waals surface area contributed by atoms with Gasteiger partial charge in [0.15, 0.2) is 0 Å². The highest BCUT2D eigenvalue weighted by atomic mass is 19.1. The lowest BCUT2D eigenvalue weighted by molar-refractivity contribution is 0.0694. The smallest absolute Gasteiger partial charge is 0.338 e. The summed E-state index contributed by atoms with van der Waals surface area (Å²) in [4.78, 5) is 23.1. The molecule has 1 aromatic heterocycles. The molecule has 0 aliphatic rings. The van der Waals surface area contributed by atoms with E-state index in [2.05, 4.69) is 5.10 Å². The van der Waals surface area contributed by atoms with Gasteiger partial charge in [0.05, 0.1) is 16.9 Å². The number of hydrogen-bond donors (Lipinski definition) is 1. The van der Waals surface area contributed by atoms with Gasteiger partial charge in [-0.1, -0.05) is 0 Å². The van der Waals surface area contributed by atoms with E-state index in [4.69, 9.17) is 5.11 Å². The molecule has 2 aromatic rings. The van der Waals surface area contributed by atoms with Crippen LogP contribution in [0.1, 0.15) is 21.6 Å². The second-order valence-electron chi connectivity index (χ2n) is 4.08. The third-order valence-electron chi connectivity index (χ3n) is 2.79. The number of benzene rings is 1. The van der Waals surface area contributed by atoms with Gasteiger partial charge in [-0.15, -0.1) is 0 Å². The molecule has 1 heterocycles. The summed E-state index contributed by atoms with van der Waals surface area (Å²) >= 11 is 0. The van der Waals surface area contributed by atoms with Gasteiger partial charge in [0.2, 0.25) is 0 Å². The average Bonchev–Trinajstić information content (AvgIpc) is 2.34. The first-order valence-corrected chi connectivity index (χ1v) is 5.51. The molecule has 0 aliphatic carbocycles. The number of aromatic carboxylic acids is 1. The second-order valence-corrected chi connectivity index (χ2v) is 4.08. The Bertz CT molecular complexity index is 705. The molecule has 19 heavy (non-hydrogen) atoms. The zero-order chi connectivity index (χ0) is 14.2. The minimum absolute atomic E-state index is 0.0941. The highest BCUT2D eigenvalue weighted by molar-refractivity contribution is 5.90. The van der Waals surface area contributed by atoms with Gasteiger partial charge in [-0.25, -0.2) is 9.18 Å². The van der Waals surface area contributed by atoms with E-state index < -0.39 is 17.3 Å². The van der Waals surface area contributed by atoms with Crippen LogP contribution in [0.2, 0.25) is 0 Å². The highest BCUT2D eigenvalue weighted by Crippen LogP contribution is 2.11. The van der Waals surface area contributed by atoms with Crippen LogP contribution in [0.5, 0.6) is 0 Å². The van der Waals surface area contributed by atoms with Crippen LogP contribution in [0.25, 0.3) is 5.69 Å². The number of aromatic nitrogens is 2. The lowest BCUT2D eigenvalue weighted by Gasteiger charge is -2.10. The number of rotatable bonds is 2. The van der Waals surface area contributed by atoms with Gasteiger partial charge in [-0.2, -0.15) is 9.78 Å².